The SMILES string of the molecule is C[C@@H]1C=C(CO[Si](c2ccccc2)(c2ccccc2)C(C)(C)C)CC[C@H]1C=O. The van der Waals surface area contributed by atoms with Crippen molar-refractivity contribution >= 4 is 25.0 Å². The topological polar surface area (TPSA) is 26.3 Å². The fourth-order valence-corrected chi connectivity index (χ4v) is 9.03. The molecule has 148 valence electrons. The van der Waals surface area contributed by atoms with Gasteiger partial charge in [-0.2, -0.15) is 0 Å². The van der Waals surface area contributed by atoms with Crippen LogP contribution >= 0.6 is 0 Å². The summed E-state index contributed by atoms with van der Waals surface area (Å²) in [4.78, 5) is 11.2. The molecule has 3 rings (SSSR count). The fourth-order valence-electron chi connectivity index (χ4n) is 4.47. The van der Waals surface area contributed by atoms with Crippen molar-refractivity contribution in [2.45, 2.75) is 45.6 Å². The van der Waals surface area contributed by atoms with Crippen LogP contribution in [0.15, 0.2) is 72.3 Å². The van der Waals surface area contributed by atoms with E-state index in [9.17, 15) is 4.79 Å². The first-order chi connectivity index (χ1) is 13.4. The maximum Gasteiger partial charge on any atom is 0.261 e. The van der Waals surface area contributed by atoms with Crippen molar-refractivity contribution < 1.29 is 9.22 Å². The monoisotopic (exact) mass is 392 g/mol. The smallest absolute Gasteiger partial charge is 0.261 e. The summed E-state index contributed by atoms with van der Waals surface area (Å²) in [5.74, 6) is 0.445. The highest BCUT2D eigenvalue weighted by molar-refractivity contribution is 6.99. The maximum atomic E-state index is 11.2. The summed E-state index contributed by atoms with van der Waals surface area (Å²) < 4.78 is 7.01. The summed E-state index contributed by atoms with van der Waals surface area (Å²) in [5.41, 5.74) is 1.33. The second-order valence-corrected chi connectivity index (χ2v) is 13.3. The summed E-state index contributed by atoms with van der Waals surface area (Å²) in [6, 6.07) is 21.5. The summed E-state index contributed by atoms with van der Waals surface area (Å²) in [6.07, 6.45) is 5.26. The van der Waals surface area contributed by atoms with Crippen LogP contribution in [0.3, 0.4) is 0 Å². The number of carbonyl (C=O) groups excluding carboxylic acids is 1. The van der Waals surface area contributed by atoms with Gasteiger partial charge in [0.1, 0.15) is 6.29 Å². The first-order valence-corrected chi connectivity index (χ1v) is 12.2. The second kappa shape index (κ2) is 8.58. The largest absolute Gasteiger partial charge is 0.403 e. The van der Waals surface area contributed by atoms with E-state index < -0.39 is 8.32 Å². The van der Waals surface area contributed by atoms with Crippen LogP contribution in [-0.2, 0) is 9.22 Å². The molecule has 0 aromatic heterocycles. The molecule has 2 nitrogen and oxygen atoms in total. The lowest BCUT2D eigenvalue weighted by Gasteiger charge is -2.43. The Morgan fingerprint density at radius 1 is 1.00 bits per heavy atom. The van der Waals surface area contributed by atoms with Crippen LogP contribution in [0.1, 0.15) is 40.5 Å². The van der Waals surface area contributed by atoms with Gasteiger partial charge in [-0.05, 0) is 39.7 Å². The Balaban J connectivity index is 2.01. The van der Waals surface area contributed by atoms with E-state index >= 15 is 0 Å². The van der Waals surface area contributed by atoms with E-state index in [0.717, 1.165) is 19.1 Å². The number of hydrogen-bond donors (Lipinski definition) is 0. The van der Waals surface area contributed by atoms with Crippen LogP contribution in [0.2, 0.25) is 5.04 Å². The molecule has 0 N–H and O–H groups in total. The van der Waals surface area contributed by atoms with Crippen molar-refractivity contribution in [2.24, 2.45) is 11.8 Å². The summed E-state index contributed by atoms with van der Waals surface area (Å²) in [6.45, 7) is 9.70. The third-order valence-electron chi connectivity index (χ3n) is 6.04. The average Bonchev–Trinajstić information content (AvgIpc) is 2.69. The summed E-state index contributed by atoms with van der Waals surface area (Å²) in [7, 11) is -2.49. The molecule has 0 radical (unpaired) electrons. The Morgan fingerprint density at radius 3 is 1.96 bits per heavy atom. The number of carbonyl (C=O) groups is 1. The van der Waals surface area contributed by atoms with E-state index in [-0.39, 0.29) is 11.0 Å². The van der Waals surface area contributed by atoms with Crippen molar-refractivity contribution in [3.8, 4) is 0 Å². The van der Waals surface area contributed by atoms with Crippen LogP contribution < -0.4 is 10.4 Å². The Kier molecular flexibility index (Phi) is 6.36. The molecular formula is C25H32O2Si. The van der Waals surface area contributed by atoms with Crippen molar-refractivity contribution in [1.29, 1.82) is 0 Å². The lowest BCUT2D eigenvalue weighted by Crippen LogP contribution is -2.66. The lowest BCUT2D eigenvalue weighted by atomic mass is 9.83. The number of rotatable bonds is 6. The molecule has 28 heavy (non-hydrogen) atoms. The molecule has 0 aliphatic heterocycles. The molecule has 0 unspecified atom stereocenters. The van der Waals surface area contributed by atoms with Crippen molar-refractivity contribution in [3.63, 3.8) is 0 Å². The van der Waals surface area contributed by atoms with Crippen LogP contribution in [0.4, 0.5) is 0 Å². The number of aldehydes is 1. The van der Waals surface area contributed by atoms with E-state index in [4.69, 9.17) is 4.43 Å². The molecule has 0 amide bonds. The second-order valence-electron chi connectivity index (χ2n) is 8.97. The minimum atomic E-state index is -2.49. The zero-order valence-corrected chi connectivity index (χ0v) is 18.5. The number of allylic oxidation sites excluding steroid dienone is 1. The Labute approximate surface area is 170 Å². The van der Waals surface area contributed by atoms with Gasteiger partial charge in [-0.1, -0.05) is 94.4 Å². The fraction of sp³-hybridized carbons (Fsp3) is 0.400. The molecule has 0 spiro atoms. The number of hydrogen-bond acceptors (Lipinski definition) is 2. The first-order valence-electron chi connectivity index (χ1n) is 10.3. The van der Waals surface area contributed by atoms with E-state index in [0.29, 0.717) is 12.5 Å². The molecule has 1 aliphatic rings. The van der Waals surface area contributed by atoms with Gasteiger partial charge in [0, 0.05) is 5.92 Å². The molecule has 1 aliphatic carbocycles. The lowest BCUT2D eigenvalue weighted by molar-refractivity contribution is -0.112. The van der Waals surface area contributed by atoms with E-state index in [1.165, 1.54) is 15.9 Å². The third kappa shape index (κ3) is 4.06. The van der Waals surface area contributed by atoms with Crippen molar-refractivity contribution in [3.05, 3.63) is 72.3 Å². The molecule has 2 atom stereocenters. The van der Waals surface area contributed by atoms with Gasteiger partial charge in [-0.25, -0.2) is 0 Å². The van der Waals surface area contributed by atoms with Crippen LogP contribution in [-0.4, -0.2) is 21.2 Å². The molecule has 3 heteroatoms. The standard InChI is InChI=1S/C25H32O2Si/c1-20-17-21(15-16-22(20)18-26)19-27-28(25(2,3)4,23-11-7-5-8-12-23)24-13-9-6-10-14-24/h5-14,17-18,20,22H,15-16,19H2,1-4H3/t20-,22+/m1/s1. The number of benzene rings is 2. The van der Waals surface area contributed by atoms with E-state index in [2.05, 4.69) is 94.4 Å². The highest BCUT2D eigenvalue weighted by Crippen LogP contribution is 2.37. The maximum absolute atomic E-state index is 11.2. The molecule has 0 saturated carbocycles. The van der Waals surface area contributed by atoms with E-state index in [1.54, 1.807) is 0 Å². The Bertz CT molecular complexity index is 766. The molecule has 2 aromatic rings. The quantitative estimate of drug-likeness (QED) is 0.403. The predicted molar refractivity (Wildman–Crippen MR) is 120 cm³/mol. The third-order valence-corrected chi connectivity index (χ3v) is 11.0. The van der Waals surface area contributed by atoms with Gasteiger partial charge in [0.25, 0.3) is 8.32 Å². The van der Waals surface area contributed by atoms with Gasteiger partial charge in [0.15, 0.2) is 0 Å². The predicted octanol–water partition coefficient (Wildman–Crippen LogP) is 4.73. The van der Waals surface area contributed by atoms with Crippen molar-refractivity contribution in [1.82, 2.24) is 0 Å². The summed E-state index contributed by atoms with van der Waals surface area (Å²) in [5, 5.41) is 2.61. The zero-order chi connectivity index (χ0) is 20.2. The first kappa shape index (κ1) is 20.8. The van der Waals surface area contributed by atoms with Gasteiger partial charge in [0.05, 0.1) is 6.61 Å². The normalized spacial score (nSPS) is 20.5. The zero-order valence-electron chi connectivity index (χ0n) is 17.5. The Hall–Kier alpha value is -1.97. The molecule has 0 fully saturated rings. The molecule has 0 heterocycles. The van der Waals surface area contributed by atoms with Crippen LogP contribution in [0.25, 0.3) is 0 Å². The highest BCUT2D eigenvalue weighted by atomic mass is 28.4. The van der Waals surface area contributed by atoms with Gasteiger partial charge < -0.3 is 9.22 Å². The minimum Gasteiger partial charge on any atom is -0.403 e. The van der Waals surface area contributed by atoms with Gasteiger partial charge >= 0.3 is 0 Å². The molecule has 0 saturated heterocycles. The van der Waals surface area contributed by atoms with Crippen LogP contribution in [0.5, 0.6) is 0 Å². The van der Waals surface area contributed by atoms with Gasteiger partial charge in [-0.3, -0.25) is 0 Å². The van der Waals surface area contributed by atoms with Gasteiger partial charge in [0.2, 0.25) is 0 Å². The highest BCUT2D eigenvalue weighted by Gasteiger charge is 2.50. The van der Waals surface area contributed by atoms with Crippen LogP contribution in [0, 0.1) is 11.8 Å². The van der Waals surface area contributed by atoms with Gasteiger partial charge in [-0.15, -0.1) is 0 Å². The van der Waals surface area contributed by atoms with E-state index in [1.807, 2.05) is 0 Å². The summed E-state index contributed by atoms with van der Waals surface area (Å²) >= 11 is 0. The minimum absolute atomic E-state index is 0.0120. The molecule has 2 aromatic carbocycles. The molecular weight excluding hydrogens is 360 g/mol. The molecule has 0 bridgehead atoms. The average molecular weight is 393 g/mol. The van der Waals surface area contributed by atoms with Crippen molar-refractivity contribution in [2.75, 3.05) is 6.61 Å². The Morgan fingerprint density at radius 2 is 1.54 bits per heavy atom.